The summed E-state index contributed by atoms with van der Waals surface area (Å²) in [6.45, 7) is 3.21. The Hall–Kier alpha value is -2.43. The van der Waals surface area contributed by atoms with Crippen LogP contribution in [0.4, 0.5) is 5.69 Å². The molecular weight excluding hydrogens is 392 g/mol. The molecule has 2 rings (SSSR count). The van der Waals surface area contributed by atoms with Gasteiger partial charge in [-0.25, -0.2) is 25.9 Å². The van der Waals surface area contributed by atoms with Gasteiger partial charge in [0.05, 0.1) is 15.4 Å². The first-order valence-corrected chi connectivity index (χ1v) is 10.7. The number of carboxylic acids is 1. The number of aryl methyl sites for hydroxylation is 1. The molecular formula is C17H20N2O6S2. The van der Waals surface area contributed by atoms with Gasteiger partial charge in [0.25, 0.3) is 10.0 Å². The van der Waals surface area contributed by atoms with E-state index in [9.17, 15) is 21.6 Å². The van der Waals surface area contributed by atoms with Crippen molar-refractivity contribution < 1.29 is 26.7 Å². The maximum atomic E-state index is 12.7. The van der Waals surface area contributed by atoms with E-state index in [-0.39, 0.29) is 21.0 Å². The summed E-state index contributed by atoms with van der Waals surface area (Å²) in [7, 11) is -4.90. The van der Waals surface area contributed by atoms with Gasteiger partial charge in [-0.1, -0.05) is 0 Å². The predicted octanol–water partition coefficient (Wildman–Crippen LogP) is 2.05. The second kappa shape index (κ2) is 7.29. The minimum atomic E-state index is -4.06. The Labute approximate surface area is 158 Å². The fourth-order valence-electron chi connectivity index (χ4n) is 2.35. The molecule has 0 fully saturated rings. The number of nitrogens with zero attached hydrogens (tertiary/aromatic N) is 1. The first kappa shape index (κ1) is 20.9. The van der Waals surface area contributed by atoms with Gasteiger partial charge in [-0.3, -0.25) is 4.72 Å². The van der Waals surface area contributed by atoms with Gasteiger partial charge in [-0.2, -0.15) is 0 Å². The predicted molar refractivity (Wildman–Crippen MR) is 101 cm³/mol. The lowest BCUT2D eigenvalue weighted by Gasteiger charge is -2.14. The molecule has 2 aromatic carbocycles. The normalized spacial score (nSPS) is 12.2. The zero-order valence-corrected chi connectivity index (χ0v) is 16.8. The topological polar surface area (TPSA) is 121 Å². The molecule has 0 saturated heterocycles. The highest BCUT2D eigenvalue weighted by Gasteiger charge is 2.22. The molecule has 0 radical (unpaired) electrons. The van der Waals surface area contributed by atoms with E-state index in [2.05, 4.69) is 4.72 Å². The summed E-state index contributed by atoms with van der Waals surface area (Å²) in [4.78, 5) is 11.1. The number of rotatable bonds is 6. The van der Waals surface area contributed by atoms with Crippen LogP contribution in [0.5, 0.6) is 0 Å². The van der Waals surface area contributed by atoms with Crippen molar-refractivity contribution in [2.45, 2.75) is 23.6 Å². The van der Waals surface area contributed by atoms with Gasteiger partial charge in [0.15, 0.2) is 0 Å². The summed E-state index contributed by atoms with van der Waals surface area (Å²) in [6, 6.07) is 7.74. The van der Waals surface area contributed by atoms with Crippen LogP contribution in [0.25, 0.3) is 0 Å². The first-order valence-electron chi connectivity index (χ1n) is 7.76. The van der Waals surface area contributed by atoms with Crippen LogP contribution < -0.4 is 4.72 Å². The zero-order chi connectivity index (χ0) is 20.6. The van der Waals surface area contributed by atoms with Crippen molar-refractivity contribution in [2.24, 2.45) is 0 Å². The molecule has 0 spiro atoms. The maximum Gasteiger partial charge on any atom is 0.335 e. The van der Waals surface area contributed by atoms with Crippen LogP contribution in [0.15, 0.2) is 46.2 Å². The van der Waals surface area contributed by atoms with Crippen molar-refractivity contribution in [2.75, 3.05) is 18.8 Å². The van der Waals surface area contributed by atoms with Crippen molar-refractivity contribution in [1.82, 2.24) is 4.31 Å². The number of benzene rings is 2. The number of nitrogens with one attached hydrogen (secondary N) is 1. The molecule has 0 atom stereocenters. The van der Waals surface area contributed by atoms with Crippen molar-refractivity contribution in [3.8, 4) is 0 Å². The SMILES string of the molecule is Cc1cc(C(=O)O)cc(S(=O)(=O)Nc2ccc(S(=O)(=O)N(C)C)cc2)c1C. The third-order valence-electron chi connectivity index (χ3n) is 4.04. The van der Waals surface area contributed by atoms with Crippen LogP contribution in [-0.4, -0.2) is 46.3 Å². The molecule has 10 heteroatoms. The second-order valence-electron chi connectivity index (χ2n) is 6.14. The van der Waals surface area contributed by atoms with E-state index < -0.39 is 26.0 Å². The van der Waals surface area contributed by atoms with Crippen molar-refractivity contribution in [1.29, 1.82) is 0 Å². The minimum Gasteiger partial charge on any atom is -0.478 e. The number of hydrogen-bond acceptors (Lipinski definition) is 5. The summed E-state index contributed by atoms with van der Waals surface area (Å²) in [5.74, 6) is -1.23. The minimum absolute atomic E-state index is 0.0235. The number of carboxylic acid groups (broad SMARTS) is 1. The molecule has 8 nitrogen and oxygen atoms in total. The Morgan fingerprint density at radius 2 is 1.56 bits per heavy atom. The number of anilines is 1. The molecule has 0 saturated carbocycles. The van der Waals surface area contributed by atoms with Gasteiger partial charge >= 0.3 is 5.97 Å². The molecule has 0 aliphatic rings. The van der Waals surface area contributed by atoms with Crippen LogP contribution in [0.1, 0.15) is 21.5 Å². The standard InChI is InChI=1S/C17H20N2O6S2/c1-11-9-13(17(20)21)10-16(12(11)2)26(22,23)18-14-5-7-15(8-6-14)27(24,25)19(3)4/h5-10,18H,1-4H3,(H,20,21). The van der Waals surface area contributed by atoms with Gasteiger partial charge < -0.3 is 5.11 Å². The third-order valence-corrected chi connectivity index (χ3v) is 7.38. The maximum absolute atomic E-state index is 12.7. The van der Waals surface area contributed by atoms with Gasteiger partial charge in [0.1, 0.15) is 0 Å². The summed E-state index contributed by atoms with van der Waals surface area (Å²) in [5.41, 5.74) is 0.985. The van der Waals surface area contributed by atoms with E-state index in [1.807, 2.05) is 0 Å². The second-order valence-corrected chi connectivity index (χ2v) is 9.94. The molecule has 0 bridgehead atoms. The summed E-state index contributed by atoms with van der Waals surface area (Å²) in [5, 5.41) is 9.16. The molecule has 146 valence electrons. The van der Waals surface area contributed by atoms with Crippen LogP contribution in [-0.2, 0) is 20.0 Å². The smallest absolute Gasteiger partial charge is 0.335 e. The Bertz CT molecular complexity index is 1090. The summed E-state index contributed by atoms with van der Waals surface area (Å²) < 4.78 is 52.9. The first-order chi connectivity index (χ1) is 12.4. The molecule has 0 aliphatic carbocycles. The Balaban J connectivity index is 2.42. The highest BCUT2D eigenvalue weighted by molar-refractivity contribution is 7.92. The molecule has 0 aromatic heterocycles. The van der Waals surface area contributed by atoms with Gasteiger partial charge in [-0.05, 0) is 61.4 Å². The van der Waals surface area contributed by atoms with E-state index in [1.165, 1.54) is 44.4 Å². The highest BCUT2D eigenvalue weighted by Crippen LogP contribution is 2.24. The molecule has 0 unspecified atom stereocenters. The average molecular weight is 412 g/mol. The van der Waals surface area contributed by atoms with Gasteiger partial charge in [-0.15, -0.1) is 0 Å². The Morgan fingerprint density at radius 1 is 1.00 bits per heavy atom. The van der Waals surface area contributed by atoms with E-state index >= 15 is 0 Å². The fraction of sp³-hybridized carbons (Fsp3) is 0.235. The fourth-order valence-corrected chi connectivity index (χ4v) is 4.65. The van der Waals surface area contributed by atoms with Crippen molar-refractivity contribution in [3.05, 3.63) is 53.1 Å². The van der Waals surface area contributed by atoms with Crippen LogP contribution in [0.3, 0.4) is 0 Å². The lowest BCUT2D eigenvalue weighted by Crippen LogP contribution is -2.22. The molecule has 0 aliphatic heterocycles. The molecule has 2 N–H and O–H groups in total. The third kappa shape index (κ3) is 4.29. The van der Waals surface area contributed by atoms with Gasteiger partial charge in [0.2, 0.25) is 10.0 Å². The van der Waals surface area contributed by atoms with Crippen LogP contribution in [0, 0.1) is 13.8 Å². The van der Waals surface area contributed by atoms with Crippen LogP contribution in [0.2, 0.25) is 0 Å². The summed E-state index contributed by atoms with van der Waals surface area (Å²) in [6.07, 6.45) is 0. The Morgan fingerprint density at radius 3 is 2.04 bits per heavy atom. The summed E-state index contributed by atoms with van der Waals surface area (Å²) >= 11 is 0. The van der Waals surface area contributed by atoms with Crippen molar-refractivity contribution in [3.63, 3.8) is 0 Å². The largest absolute Gasteiger partial charge is 0.478 e. The highest BCUT2D eigenvalue weighted by atomic mass is 32.2. The van der Waals surface area contributed by atoms with E-state index in [0.29, 0.717) is 11.1 Å². The number of aromatic carboxylic acids is 1. The van der Waals surface area contributed by atoms with Gasteiger partial charge in [0, 0.05) is 19.8 Å². The monoisotopic (exact) mass is 412 g/mol. The van der Waals surface area contributed by atoms with E-state index in [0.717, 1.165) is 10.4 Å². The van der Waals surface area contributed by atoms with Crippen LogP contribution >= 0.6 is 0 Å². The lowest BCUT2D eigenvalue weighted by molar-refractivity contribution is 0.0696. The zero-order valence-electron chi connectivity index (χ0n) is 15.2. The number of carbonyl (C=O) groups is 1. The molecule has 27 heavy (non-hydrogen) atoms. The van der Waals surface area contributed by atoms with E-state index in [4.69, 9.17) is 5.11 Å². The van der Waals surface area contributed by atoms with Crippen molar-refractivity contribution >= 4 is 31.7 Å². The Kier molecular flexibility index (Phi) is 5.64. The quantitative estimate of drug-likeness (QED) is 0.749. The lowest BCUT2D eigenvalue weighted by atomic mass is 10.1. The molecule has 2 aromatic rings. The van der Waals surface area contributed by atoms with E-state index in [1.54, 1.807) is 13.8 Å². The number of sulfonamides is 2. The average Bonchev–Trinajstić information content (AvgIpc) is 2.56. The molecule has 0 amide bonds. The number of hydrogen-bond donors (Lipinski definition) is 2. The molecule has 0 heterocycles.